The molecule has 4 N–H and O–H groups in total. The summed E-state index contributed by atoms with van der Waals surface area (Å²) in [5.41, 5.74) is 1.26. The van der Waals surface area contributed by atoms with E-state index in [9.17, 15) is 14.4 Å². The molecular formula is C19H27N3O6S. The third kappa shape index (κ3) is 9.64. The molecule has 0 spiro atoms. The SMILES string of the molecule is O=C(NC1CCCC1)Oc1ccc(CN2CCNCC2)cc1.O=C(O)SC(=O)O. The molecule has 1 aromatic rings. The van der Waals surface area contributed by atoms with Gasteiger partial charge in [-0.3, -0.25) is 4.90 Å². The van der Waals surface area contributed by atoms with Gasteiger partial charge in [-0.05, 0) is 30.5 Å². The molecule has 2 aliphatic rings. The van der Waals surface area contributed by atoms with E-state index in [4.69, 9.17) is 14.9 Å². The van der Waals surface area contributed by atoms with Crippen LogP contribution in [0, 0.1) is 0 Å². The Labute approximate surface area is 173 Å². The Bertz CT molecular complexity index is 661. The third-order valence-electron chi connectivity index (χ3n) is 4.60. The zero-order valence-electron chi connectivity index (χ0n) is 16.1. The fourth-order valence-corrected chi connectivity index (χ4v) is 3.39. The van der Waals surface area contributed by atoms with E-state index < -0.39 is 10.6 Å². The first-order valence-corrected chi connectivity index (χ1v) is 10.4. The average molecular weight is 426 g/mol. The van der Waals surface area contributed by atoms with Crippen LogP contribution in [0.15, 0.2) is 24.3 Å². The second kappa shape index (κ2) is 12.3. The predicted octanol–water partition coefficient (Wildman–Crippen LogP) is 3.20. The molecule has 9 nitrogen and oxygen atoms in total. The maximum absolute atomic E-state index is 11.8. The first kappa shape index (κ1) is 23.0. The van der Waals surface area contributed by atoms with Crippen LogP contribution in [0.1, 0.15) is 31.2 Å². The van der Waals surface area contributed by atoms with Gasteiger partial charge in [0.25, 0.3) is 0 Å². The van der Waals surface area contributed by atoms with Gasteiger partial charge in [-0.1, -0.05) is 25.0 Å². The molecule has 0 radical (unpaired) electrons. The van der Waals surface area contributed by atoms with Crippen molar-refractivity contribution in [2.24, 2.45) is 0 Å². The van der Waals surface area contributed by atoms with Gasteiger partial charge in [0.15, 0.2) is 0 Å². The fourth-order valence-electron chi connectivity index (χ4n) is 3.24. The smallest absolute Gasteiger partial charge is 0.412 e. The molecule has 1 aliphatic heterocycles. The van der Waals surface area contributed by atoms with Crippen LogP contribution in [0.2, 0.25) is 0 Å². The fraction of sp³-hybridized carbons (Fsp3) is 0.526. The number of nitrogens with one attached hydrogen (secondary N) is 2. The quantitative estimate of drug-likeness (QED) is 0.575. The van der Waals surface area contributed by atoms with Crippen LogP contribution < -0.4 is 15.4 Å². The molecule has 160 valence electrons. The summed E-state index contributed by atoms with van der Waals surface area (Å²) in [6.45, 7) is 5.24. The average Bonchev–Trinajstić information content (AvgIpc) is 3.16. The summed E-state index contributed by atoms with van der Waals surface area (Å²) < 4.78 is 5.35. The van der Waals surface area contributed by atoms with E-state index in [0.29, 0.717) is 11.8 Å². The molecule has 1 aromatic carbocycles. The highest BCUT2D eigenvalue weighted by Gasteiger charge is 2.18. The van der Waals surface area contributed by atoms with Gasteiger partial charge in [0.05, 0.1) is 11.8 Å². The number of rotatable bonds is 4. The van der Waals surface area contributed by atoms with Crippen LogP contribution in [0.25, 0.3) is 0 Å². The Morgan fingerprint density at radius 1 is 1.07 bits per heavy atom. The summed E-state index contributed by atoms with van der Waals surface area (Å²) in [5, 5.41) is 18.8. The maximum Gasteiger partial charge on any atom is 0.412 e. The van der Waals surface area contributed by atoms with Crippen molar-refractivity contribution >= 4 is 28.5 Å². The van der Waals surface area contributed by atoms with E-state index in [1.807, 2.05) is 24.3 Å². The van der Waals surface area contributed by atoms with Crippen molar-refractivity contribution < 1.29 is 29.3 Å². The Balaban J connectivity index is 0.000000370. The maximum atomic E-state index is 11.8. The highest BCUT2D eigenvalue weighted by molar-refractivity contribution is 8.25. The van der Waals surface area contributed by atoms with Crippen LogP contribution in [0.5, 0.6) is 5.75 Å². The first-order valence-electron chi connectivity index (χ1n) is 9.56. The Morgan fingerprint density at radius 3 is 2.17 bits per heavy atom. The molecule has 1 saturated heterocycles. The summed E-state index contributed by atoms with van der Waals surface area (Å²) in [7, 11) is 0. The molecule has 1 saturated carbocycles. The van der Waals surface area contributed by atoms with Crippen molar-refractivity contribution in [1.82, 2.24) is 15.5 Å². The van der Waals surface area contributed by atoms with E-state index in [2.05, 4.69) is 15.5 Å². The van der Waals surface area contributed by atoms with Crippen molar-refractivity contribution in [3.05, 3.63) is 29.8 Å². The number of amides is 1. The lowest BCUT2D eigenvalue weighted by atomic mass is 10.2. The number of carbonyl (C=O) groups excluding carboxylic acids is 1. The van der Waals surface area contributed by atoms with E-state index >= 15 is 0 Å². The van der Waals surface area contributed by atoms with E-state index in [0.717, 1.165) is 45.6 Å². The summed E-state index contributed by atoms with van der Waals surface area (Å²) in [6, 6.07) is 8.14. The van der Waals surface area contributed by atoms with Gasteiger partial charge in [0, 0.05) is 38.8 Å². The Kier molecular flexibility index (Phi) is 9.75. The molecule has 1 aliphatic carbocycles. The number of hydrogen-bond acceptors (Lipinski definition) is 7. The normalized spacial score (nSPS) is 17.1. The van der Waals surface area contributed by atoms with Gasteiger partial charge in [-0.2, -0.15) is 0 Å². The molecule has 0 atom stereocenters. The van der Waals surface area contributed by atoms with Gasteiger partial charge in [0.2, 0.25) is 0 Å². The zero-order chi connectivity index (χ0) is 21.1. The van der Waals surface area contributed by atoms with E-state index in [1.54, 1.807) is 0 Å². The molecule has 0 unspecified atom stereocenters. The Hall–Kier alpha value is -2.30. The molecule has 0 bridgehead atoms. The molecule has 29 heavy (non-hydrogen) atoms. The lowest BCUT2D eigenvalue weighted by molar-refractivity contribution is 0.196. The van der Waals surface area contributed by atoms with Crippen LogP contribution in [-0.4, -0.2) is 64.0 Å². The molecule has 1 heterocycles. The first-order chi connectivity index (χ1) is 13.9. The summed E-state index contributed by atoms with van der Waals surface area (Å²) in [5.74, 6) is 0.611. The molecule has 1 amide bonds. The number of benzene rings is 1. The summed E-state index contributed by atoms with van der Waals surface area (Å²) >= 11 is -0.157. The largest absolute Gasteiger partial charge is 0.473 e. The van der Waals surface area contributed by atoms with Crippen LogP contribution >= 0.6 is 11.8 Å². The van der Waals surface area contributed by atoms with Crippen molar-refractivity contribution in [3.63, 3.8) is 0 Å². The van der Waals surface area contributed by atoms with Crippen LogP contribution in [0.3, 0.4) is 0 Å². The topological polar surface area (TPSA) is 128 Å². The minimum atomic E-state index is -1.40. The third-order valence-corrected chi connectivity index (χ3v) is 4.95. The number of piperazine rings is 1. The molecule has 0 aromatic heterocycles. The molecular weight excluding hydrogens is 398 g/mol. The highest BCUT2D eigenvalue weighted by Crippen LogP contribution is 2.18. The number of carbonyl (C=O) groups is 3. The zero-order valence-corrected chi connectivity index (χ0v) is 17.0. The van der Waals surface area contributed by atoms with Gasteiger partial charge < -0.3 is 25.6 Å². The lowest BCUT2D eigenvalue weighted by Crippen LogP contribution is -2.42. The number of ether oxygens (including phenoxy) is 1. The van der Waals surface area contributed by atoms with Crippen LogP contribution in [0.4, 0.5) is 14.4 Å². The van der Waals surface area contributed by atoms with Crippen molar-refractivity contribution in [2.75, 3.05) is 26.2 Å². The summed E-state index contributed by atoms with van der Waals surface area (Å²) in [4.78, 5) is 33.0. The van der Waals surface area contributed by atoms with E-state index in [1.165, 1.54) is 18.4 Å². The standard InChI is InChI=1S/C17H25N3O2.C2H2O4S/c21-17(19-15-3-1-2-4-15)22-16-7-5-14(6-8-16)13-20-11-9-18-10-12-20;3-1(4)7-2(5)6/h5-8,15,18H,1-4,9-13H2,(H,19,21);(H,3,4)(H,5,6). The second-order valence-electron chi connectivity index (χ2n) is 6.82. The predicted molar refractivity (Wildman–Crippen MR) is 110 cm³/mol. The van der Waals surface area contributed by atoms with E-state index in [-0.39, 0.29) is 17.9 Å². The van der Waals surface area contributed by atoms with Crippen molar-refractivity contribution in [1.29, 1.82) is 0 Å². The number of hydrogen-bond donors (Lipinski definition) is 4. The van der Waals surface area contributed by atoms with Gasteiger partial charge in [-0.15, -0.1) is 0 Å². The van der Waals surface area contributed by atoms with Gasteiger partial charge in [0.1, 0.15) is 5.75 Å². The highest BCUT2D eigenvalue weighted by atomic mass is 32.2. The van der Waals surface area contributed by atoms with Crippen molar-refractivity contribution in [2.45, 2.75) is 38.3 Å². The minimum Gasteiger partial charge on any atom is -0.473 e. The minimum absolute atomic E-state index is 0.157. The van der Waals surface area contributed by atoms with Crippen LogP contribution in [-0.2, 0) is 6.54 Å². The number of nitrogens with zero attached hydrogens (tertiary/aromatic N) is 1. The lowest BCUT2D eigenvalue weighted by Gasteiger charge is -2.27. The van der Waals surface area contributed by atoms with Crippen molar-refractivity contribution in [3.8, 4) is 5.75 Å². The number of carboxylic acid groups (broad SMARTS) is 2. The molecule has 3 rings (SSSR count). The number of thioether (sulfide) groups is 1. The second-order valence-corrected chi connectivity index (χ2v) is 7.72. The summed E-state index contributed by atoms with van der Waals surface area (Å²) in [6.07, 6.45) is 4.20. The Morgan fingerprint density at radius 2 is 1.66 bits per heavy atom. The molecule has 2 fully saturated rings. The molecule has 10 heteroatoms. The van der Waals surface area contributed by atoms with Gasteiger partial charge in [-0.25, -0.2) is 14.4 Å². The van der Waals surface area contributed by atoms with Gasteiger partial charge >= 0.3 is 16.7 Å². The monoisotopic (exact) mass is 425 g/mol.